The van der Waals surface area contributed by atoms with Crippen molar-refractivity contribution in [2.45, 2.75) is 63.6 Å². The summed E-state index contributed by atoms with van der Waals surface area (Å²) in [5.41, 5.74) is 0. The molecule has 5 nitrogen and oxygen atoms in total. The fourth-order valence-corrected chi connectivity index (χ4v) is 4.10. The van der Waals surface area contributed by atoms with Crippen molar-refractivity contribution in [2.75, 3.05) is 13.1 Å². The number of ether oxygens (including phenoxy) is 1. The molecule has 1 saturated heterocycles. The zero-order valence-electron chi connectivity index (χ0n) is 14.5. The first kappa shape index (κ1) is 18.2. The molecule has 1 aliphatic heterocycles. The van der Waals surface area contributed by atoms with Crippen molar-refractivity contribution in [2.24, 2.45) is 0 Å². The van der Waals surface area contributed by atoms with Gasteiger partial charge in [-0.25, -0.2) is 13.1 Å². The Kier molecular flexibility index (Phi) is 6.06. The van der Waals surface area contributed by atoms with Crippen LogP contribution in [0, 0.1) is 0 Å². The van der Waals surface area contributed by atoms with Crippen molar-refractivity contribution in [1.29, 1.82) is 0 Å². The van der Waals surface area contributed by atoms with Crippen molar-refractivity contribution in [3.63, 3.8) is 0 Å². The first-order chi connectivity index (χ1) is 10.8. The summed E-state index contributed by atoms with van der Waals surface area (Å²) in [6, 6.07) is 7.14. The Balaban J connectivity index is 1.96. The van der Waals surface area contributed by atoms with Gasteiger partial charge in [-0.2, -0.15) is 0 Å². The molecule has 1 aromatic carbocycles. The first-order valence-corrected chi connectivity index (χ1v) is 9.79. The van der Waals surface area contributed by atoms with Crippen LogP contribution in [0.25, 0.3) is 0 Å². The summed E-state index contributed by atoms with van der Waals surface area (Å²) in [6.07, 6.45) is 1.78. The number of hydrogen-bond acceptors (Lipinski definition) is 4. The van der Waals surface area contributed by atoms with Gasteiger partial charge in [0.05, 0.1) is 11.0 Å². The van der Waals surface area contributed by atoms with E-state index >= 15 is 0 Å². The van der Waals surface area contributed by atoms with Gasteiger partial charge in [0.1, 0.15) is 5.75 Å². The second-order valence-corrected chi connectivity index (χ2v) is 8.38. The number of hydrogen-bond donors (Lipinski definition) is 1. The molecule has 1 aliphatic rings. The van der Waals surface area contributed by atoms with Crippen LogP contribution in [0.2, 0.25) is 0 Å². The van der Waals surface area contributed by atoms with Gasteiger partial charge in [0, 0.05) is 12.1 Å². The molecule has 0 atom stereocenters. The lowest BCUT2D eigenvalue weighted by Crippen LogP contribution is -2.46. The number of nitrogens with zero attached hydrogens (tertiary/aromatic N) is 1. The molecular formula is C17H28N2O3S. The van der Waals surface area contributed by atoms with Crippen molar-refractivity contribution >= 4 is 10.0 Å². The predicted octanol–water partition coefficient (Wildman–Crippen LogP) is 2.62. The maximum Gasteiger partial charge on any atom is 0.240 e. The second kappa shape index (κ2) is 7.64. The number of rotatable bonds is 6. The Morgan fingerprint density at radius 3 is 2.13 bits per heavy atom. The average Bonchev–Trinajstić information content (AvgIpc) is 2.47. The van der Waals surface area contributed by atoms with E-state index in [0.29, 0.717) is 16.7 Å². The smallest absolute Gasteiger partial charge is 0.240 e. The average molecular weight is 340 g/mol. The highest BCUT2D eigenvalue weighted by molar-refractivity contribution is 7.89. The van der Waals surface area contributed by atoms with Crippen LogP contribution in [0.3, 0.4) is 0 Å². The van der Waals surface area contributed by atoms with Gasteiger partial charge in [-0.1, -0.05) is 0 Å². The summed E-state index contributed by atoms with van der Waals surface area (Å²) >= 11 is 0. The maximum absolute atomic E-state index is 12.5. The third kappa shape index (κ3) is 5.19. The van der Waals surface area contributed by atoms with E-state index in [-0.39, 0.29) is 12.1 Å². The quantitative estimate of drug-likeness (QED) is 0.865. The number of likely N-dealkylation sites (tertiary alicyclic amines) is 1. The Morgan fingerprint density at radius 2 is 1.65 bits per heavy atom. The lowest BCUT2D eigenvalue weighted by atomic mass is 10.1. The van der Waals surface area contributed by atoms with Gasteiger partial charge >= 0.3 is 0 Å². The number of sulfonamides is 1. The predicted molar refractivity (Wildman–Crippen MR) is 92.3 cm³/mol. The molecule has 6 heteroatoms. The molecule has 0 saturated carbocycles. The molecule has 0 aromatic heterocycles. The van der Waals surface area contributed by atoms with E-state index in [0.717, 1.165) is 25.9 Å². The van der Waals surface area contributed by atoms with E-state index in [1.165, 1.54) is 0 Å². The van der Waals surface area contributed by atoms with Crippen molar-refractivity contribution in [3.05, 3.63) is 24.3 Å². The van der Waals surface area contributed by atoms with Gasteiger partial charge in [-0.05, 0) is 77.9 Å². The van der Waals surface area contributed by atoms with Gasteiger partial charge in [0.25, 0.3) is 0 Å². The molecule has 0 bridgehead atoms. The van der Waals surface area contributed by atoms with E-state index < -0.39 is 10.0 Å². The Hall–Kier alpha value is -1.11. The van der Waals surface area contributed by atoms with E-state index in [4.69, 9.17) is 4.74 Å². The summed E-state index contributed by atoms with van der Waals surface area (Å²) in [4.78, 5) is 2.67. The molecular weight excluding hydrogens is 312 g/mol. The minimum absolute atomic E-state index is 0.0154. The summed E-state index contributed by atoms with van der Waals surface area (Å²) in [6.45, 7) is 10.1. The van der Waals surface area contributed by atoms with Crippen LogP contribution >= 0.6 is 0 Å². The molecule has 0 aliphatic carbocycles. The second-order valence-electron chi connectivity index (χ2n) is 6.66. The summed E-state index contributed by atoms with van der Waals surface area (Å²) in [7, 11) is -3.47. The van der Waals surface area contributed by atoms with Gasteiger partial charge in [-0.15, -0.1) is 0 Å². The molecule has 0 amide bonds. The maximum atomic E-state index is 12.5. The van der Waals surface area contributed by atoms with Crippen LogP contribution in [-0.4, -0.2) is 44.6 Å². The summed E-state index contributed by atoms with van der Waals surface area (Å²) in [5.74, 6) is 0.684. The molecule has 1 aromatic rings. The van der Waals surface area contributed by atoms with Gasteiger partial charge in [-0.3, -0.25) is 0 Å². The van der Waals surface area contributed by atoms with Gasteiger partial charge in [0.2, 0.25) is 10.0 Å². The standard InChI is InChI=1S/C17H28N2O3S/c1-13(2)19-11-9-15(10-12-19)18-23(20,21)17-7-5-16(6-8-17)22-14(3)4/h5-8,13-15,18H,9-12H2,1-4H3. The van der Waals surface area contributed by atoms with Crippen molar-refractivity contribution in [1.82, 2.24) is 9.62 Å². The SMILES string of the molecule is CC(C)Oc1ccc(S(=O)(=O)NC2CCN(C(C)C)CC2)cc1. The summed E-state index contributed by atoms with van der Waals surface area (Å²) in [5, 5.41) is 0. The normalized spacial score (nSPS) is 17.8. The van der Waals surface area contributed by atoms with E-state index in [1.807, 2.05) is 13.8 Å². The molecule has 1 N–H and O–H groups in total. The molecule has 0 radical (unpaired) electrons. The number of benzene rings is 1. The lowest BCUT2D eigenvalue weighted by Gasteiger charge is -2.34. The van der Waals surface area contributed by atoms with Crippen molar-refractivity contribution < 1.29 is 13.2 Å². The first-order valence-electron chi connectivity index (χ1n) is 8.31. The van der Waals surface area contributed by atoms with Crippen molar-refractivity contribution in [3.8, 4) is 5.75 Å². The third-order valence-electron chi connectivity index (χ3n) is 4.09. The topological polar surface area (TPSA) is 58.6 Å². The molecule has 2 rings (SSSR count). The molecule has 0 spiro atoms. The minimum atomic E-state index is -3.47. The Labute approximate surface area is 140 Å². The van der Waals surface area contributed by atoms with Crippen LogP contribution in [0.4, 0.5) is 0 Å². The van der Waals surface area contributed by atoms with Crippen LogP contribution in [0.15, 0.2) is 29.2 Å². The monoisotopic (exact) mass is 340 g/mol. The highest BCUT2D eigenvalue weighted by atomic mass is 32.2. The Bertz CT molecular complexity index is 589. The third-order valence-corrected chi connectivity index (χ3v) is 5.62. The van der Waals surface area contributed by atoms with Gasteiger partial charge < -0.3 is 9.64 Å². The van der Waals surface area contributed by atoms with E-state index in [1.54, 1.807) is 24.3 Å². The summed E-state index contributed by atoms with van der Waals surface area (Å²) < 4.78 is 33.3. The lowest BCUT2D eigenvalue weighted by molar-refractivity contribution is 0.168. The molecule has 1 heterocycles. The zero-order valence-corrected chi connectivity index (χ0v) is 15.3. The molecule has 0 unspecified atom stereocenters. The number of nitrogens with one attached hydrogen (secondary N) is 1. The largest absolute Gasteiger partial charge is 0.491 e. The van der Waals surface area contributed by atoms with Crippen LogP contribution in [0.1, 0.15) is 40.5 Å². The fraction of sp³-hybridized carbons (Fsp3) is 0.647. The van der Waals surface area contributed by atoms with Gasteiger partial charge in [0.15, 0.2) is 0 Å². The highest BCUT2D eigenvalue weighted by Gasteiger charge is 2.25. The minimum Gasteiger partial charge on any atom is -0.491 e. The van der Waals surface area contributed by atoms with Crippen LogP contribution in [-0.2, 0) is 10.0 Å². The fourth-order valence-electron chi connectivity index (χ4n) is 2.79. The Morgan fingerprint density at radius 1 is 1.09 bits per heavy atom. The molecule has 130 valence electrons. The molecule has 1 fully saturated rings. The van der Waals surface area contributed by atoms with Crippen LogP contribution < -0.4 is 9.46 Å². The number of piperidine rings is 1. The molecule has 23 heavy (non-hydrogen) atoms. The van der Waals surface area contributed by atoms with E-state index in [2.05, 4.69) is 23.5 Å². The highest BCUT2D eigenvalue weighted by Crippen LogP contribution is 2.19. The van der Waals surface area contributed by atoms with E-state index in [9.17, 15) is 8.42 Å². The van der Waals surface area contributed by atoms with Crippen LogP contribution in [0.5, 0.6) is 5.75 Å². The zero-order chi connectivity index (χ0) is 17.0.